The molecule has 1 aromatic heterocycles. The molecule has 6 heteroatoms. The Bertz CT molecular complexity index is 530. The zero-order chi connectivity index (χ0) is 10.8. The molecular weight excluding hydrogens is 214 g/mol. The Morgan fingerprint density at radius 2 is 2.27 bits per heavy atom. The van der Waals surface area contributed by atoms with Crippen molar-refractivity contribution >= 4 is 28.2 Å². The number of hydrogen-bond acceptors (Lipinski definition) is 5. The maximum Gasteiger partial charge on any atom is 0.270 e. The molecule has 0 fully saturated rings. The lowest BCUT2D eigenvalue weighted by atomic mass is 10.2. The van der Waals surface area contributed by atoms with Gasteiger partial charge in [0.25, 0.3) is 5.69 Å². The summed E-state index contributed by atoms with van der Waals surface area (Å²) in [6.07, 6.45) is 3.46. The molecule has 15 heavy (non-hydrogen) atoms. The van der Waals surface area contributed by atoms with Gasteiger partial charge in [0.05, 0.1) is 11.1 Å². The highest BCUT2D eigenvalue weighted by Gasteiger charge is 2.09. The fraction of sp³-hybridized carbons (Fsp3) is 0.111. The highest BCUT2D eigenvalue weighted by atomic mass is 32.2. The van der Waals surface area contributed by atoms with Crippen LogP contribution in [0.25, 0.3) is 10.8 Å². The first-order valence-electron chi connectivity index (χ1n) is 4.16. The molecule has 2 aromatic rings. The van der Waals surface area contributed by atoms with Crippen LogP contribution in [0, 0.1) is 10.1 Å². The molecular formula is C9H7N3O2S. The third kappa shape index (κ3) is 1.75. The van der Waals surface area contributed by atoms with Gasteiger partial charge < -0.3 is 0 Å². The SMILES string of the molecule is CSc1nncc2ccc([N+](=O)[O-])cc12. The van der Waals surface area contributed by atoms with Gasteiger partial charge >= 0.3 is 0 Å². The molecule has 5 nitrogen and oxygen atoms in total. The van der Waals surface area contributed by atoms with Crippen molar-refractivity contribution < 1.29 is 4.92 Å². The molecule has 0 saturated carbocycles. The van der Waals surface area contributed by atoms with Crippen LogP contribution in [0.3, 0.4) is 0 Å². The summed E-state index contributed by atoms with van der Waals surface area (Å²) in [4.78, 5) is 10.2. The summed E-state index contributed by atoms with van der Waals surface area (Å²) in [5.74, 6) is 0. The van der Waals surface area contributed by atoms with E-state index in [2.05, 4.69) is 10.2 Å². The van der Waals surface area contributed by atoms with Crippen LogP contribution in [0.1, 0.15) is 0 Å². The third-order valence-electron chi connectivity index (χ3n) is 2.02. The molecule has 0 N–H and O–H groups in total. The third-order valence-corrected chi connectivity index (χ3v) is 2.71. The number of nitrogens with zero attached hydrogens (tertiary/aromatic N) is 3. The van der Waals surface area contributed by atoms with Crippen LogP contribution in [0.4, 0.5) is 5.69 Å². The number of nitro benzene ring substituents is 1. The smallest absolute Gasteiger partial charge is 0.258 e. The fourth-order valence-electron chi connectivity index (χ4n) is 1.30. The van der Waals surface area contributed by atoms with Crippen molar-refractivity contribution in [3.63, 3.8) is 0 Å². The quantitative estimate of drug-likeness (QED) is 0.442. The molecule has 1 heterocycles. The van der Waals surface area contributed by atoms with Gasteiger partial charge in [-0.15, -0.1) is 16.9 Å². The second kappa shape index (κ2) is 3.82. The molecule has 0 bridgehead atoms. The summed E-state index contributed by atoms with van der Waals surface area (Å²) in [6, 6.07) is 4.67. The first-order valence-corrected chi connectivity index (χ1v) is 5.38. The highest BCUT2D eigenvalue weighted by molar-refractivity contribution is 7.98. The van der Waals surface area contributed by atoms with Gasteiger partial charge in [-0.3, -0.25) is 10.1 Å². The minimum absolute atomic E-state index is 0.0748. The van der Waals surface area contributed by atoms with E-state index < -0.39 is 4.92 Å². The Hall–Kier alpha value is -1.69. The summed E-state index contributed by atoms with van der Waals surface area (Å²) >= 11 is 1.42. The molecule has 0 atom stereocenters. The van der Waals surface area contributed by atoms with Gasteiger partial charge in [0.2, 0.25) is 0 Å². The number of hydrogen-bond donors (Lipinski definition) is 0. The normalized spacial score (nSPS) is 10.5. The average molecular weight is 221 g/mol. The Morgan fingerprint density at radius 3 is 2.93 bits per heavy atom. The molecule has 2 rings (SSSR count). The zero-order valence-corrected chi connectivity index (χ0v) is 8.69. The van der Waals surface area contributed by atoms with Crippen LogP contribution in [-0.2, 0) is 0 Å². The molecule has 0 aliphatic carbocycles. The lowest BCUT2D eigenvalue weighted by molar-refractivity contribution is -0.384. The maximum absolute atomic E-state index is 10.6. The Morgan fingerprint density at radius 1 is 1.47 bits per heavy atom. The van der Waals surface area contributed by atoms with Gasteiger partial charge in [0, 0.05) is 22.9 Å². The number of rotatable bonds is 2. The average Bonchev–Trinajstić information content (AvgIpc) is 2.27. The van der Waals surface area contributed by atoms with E-state index in [1.54, 1.807) is 12.3 Å². The summed E-state index contributed by atoms with van der Waals surface area (Å²) in [7, 11) is 0. The van der Waals surface area contributed by atoms with Gasteiger partial charge in [0.15, 0.2) is 0 Å². The van der Waals surface area contributed by atoms with Gasteiger partial charge in [-0.25, -0.2) is 0 Å². The zero-order valence-electron chi connectivity index (χ0n) is 7.88. The molecule has 0 spiro atoms. The lowest BCUT2D eigenvalue weighted by Crippen LogP contribution is -1.90. The van der Waals surface area contributed by atoms with Crippen LogP contribution in [0.2, 0.25) is 0 Å². The van der Waals surface area contributed by atoms with Crippen LogP contribution in [0.5, 0.6) is 0 Å². The second-order valence-electron chi connectivity index (χ2n) is 2.88. The van der Waals surface area contributed by atoms with E-state index in [-0.39, 0.29) is 5.69 Å². The number of aromatic nitrogens is 2. The Balaban J connectivity index is 2.72. The van der Waals surface area contributed by atoms with Crippen LogP contribution >= 0.6 is 11.8 Å². The summed E-state index contributed by atoms with van der Waals surface area (Å²) < 4.78 is 0. The molecule has 0 unspecified atom stereocenters. The Kier molecular flexibility index (Phi) is 2.51. The fourth-order valence-corrected chi connectivity index (χ4v) is 1.83. The summed E-state index contributed by atoms with van der Waals surface area (Å²) in [5, 5.41) is 20.7. The molecule has 0 aliphatic rings. The molecule has 0 radical (unpaired) electrons. The number of fused-ring (bicyclic) bond motifs is 1. The number of nitro groups is 1. The minimum Gasteiger partial charge on any atom is -0.258 e. The van der Waals surface area contributed by atoms with Crippen molar-refractivity contribution in [1.29, 1.82) is 0 Å². The molecule has 0 amide bonds. The number of benzene rings is 1. The molecule has 0 saturated heterocycles. The van der Waals surface area contributed by atoms with Gasteiger partial charge in [-0.2, -0.15) is 5.10 Å². The van der Waals surface area contributed by atoms with Crippen molar-refractivity contribution in [3.8, 4) is 0 Å². The van der Waals surface area contributed by atoms with E-state index >= 15 is 0 Å². The van der Waals surface area contributed by atoms with Crippen molar-refractivity contribution in [2.45, 2.75) is 5.03 Å². The predicted octanol–water partition coefficient (Wildman–Crippen LogP) is 2.26. The van der Waals surface area contributed by atoms with E-state index in [0.29, 0.717) is 5.03 Å². The topological polar surface area (TPSA) is 68.9 Å². The van der Waals surface area contributed by atoms with Crippen molar-refractivity contribution in [2.75, 3.05) is 6.26 Å². The highest BCUT2D eigenvalue weighted by Crippen LogP contribution is 2.26. The number of non-ortho nitro benzene ring substituents is 1. The molecule has 76 valence electrons. The van der Waals surface area contributed by atoms with Gasteiger partial charge in [0.1, 0.15) is 5.03 Å². The minimum atomic E-state index is -0.413. The first-order chi connectivity index (χ1) is 7.22. The maximum atomic E-state index is 10.6. The monoisotopic (exact) mass is 221 g/mol. The standard InChI is InChI=1S/C9H7N3O2S/c1-15-9-8-4-7(12(13)14)3-2-6(8)5-10-11-9/h2-5H,1H3. The van der Waals surface area contributed by atoms with E-state index in [4.69, 9.17) is 0 Å². The molecule has 0 aliphatic heterocycles. The first kappa shape index (κ1) is 9.85. The van der Waals surface area contributed by atoms with Crippen molar-refractivity contribution in [1.82, 2.24) is 10.2 Å². The van der Waals surface area contributed by atoms with E-state index in [1.165, 1.54) is 23.9 Å². The van der Waals surface area contributed by atoms with E-state index in [9.17, 15) is 10.1 Å². The predicted molar refractivity (Wildman–Crippen MR) is 58.0 cm³/mol. The molecule has 1 aromatic carbocycles. The van der Waals surface area contributed by atoms with Crippen molar-refractivity contribution in [3.05, 3.63) is 34.5 Å². The summed E-state index contributed by atoms with van der Waals surface area (Å²) in [5.41, 5.74) is 0.0748. The van der Waals surface area contributed by atoms with Gasteiger partial charge in [-0.1, -0.05) is 0 Å². The van der Waals surface area contributed by atoms with Crippen LogP contribution < -0.4 is 0 Å². The summed E-state index contributed by atoms with van der Waals surface area (Å²) in [6.45, 7) is 0. The second-order valence-corrected chi connectivity index (χ2v) is 3.68. The van der Waals surface area contributed by atoms with Gasteiger partial charge in [-0.05, 0) is 12.3 Å². The van der Waals surface area contributed by atoms with Crippen LogP contribution in [0.15, 0.2) is 29.4 Å². The Labute approximate surface area is 89.7 Å². The van der Waals surface area contributed by atoms with Crippen molar-refractivity contribution in [2.24, 2.45) is 0 Å². The van der Waals surface area contributed by atoms with Crippen LogP contribution in [-0.4, -0.2) is 21.4 Å². The number of thioether (sulfide) groups is 1. The van der Waals surface area contributed by atoms with E-state index in [1.807, 2.05) is 6.26 Å². The largest absolute Gasteiger partial charge is 0.270 e. The lowest BCUT2D eigenvalue weighted by Gasteiger charge is -2.00. The van der Waals surface area contributed by atoms with E-state index in [0.717, 1.165) is 10.8 Å².